The van der Waals surface area contributed by atoms with Crippen LogP contribution in [0.5, 0.6) is 17.2 Å². The molecule has 6 heteroatoms. The Hall–Kier alpha value is -3.90. The molecule has 1 saturated heterocycles. The molecule has 3 N–H and O–H groups in total. The first kappa shape index (κ1) is 23.5. The molecule has 0 spiro atoms. The molecule has 0 radical (unpaired) electrons. The zero-order chi connectivity index (χ0) is 26.1. The maximum atomic E-state index is 11.6. The number of hydrogen-bond donors (Lipinski definition) is 3. The Morgan fingerprint density at radius 1 is 0.730 bits per heavy atom. The Balaban J connectivity index is 1.59. The van der Waals surface area contributed by atoms with Crippen LogP contribution in [-0.4, -0.2) is 32.4 Å². The first-order valence-corrected chi connectivity index (χ1v) is 12.6. The van der Waals surface area contributed by atoms with Crippen LogP contribution >= 0.6 is 0 Å². The fourth-order valence-electron chi connectivity index (χ4n) is 5.62. The highest BCUT2D eigenvalue weighted by Crippen LogP contribution is 2.50. The fourth-order valence-corrected chi connectivity index (χ4v) is 5.62. The second-order valence-electron chi connectivity index (χ2n) is 11.2. The predicted octanol–water partition coefficient (Wildman–Crippen LogP) is 6.60. The molecule has 0 unspecified atom stereocenters. The molecule has 2 heterocycles. The van der Waals surface area contributed by atoms with Crippen molar-refractivity contribution < 1.29 is 20.0 Å². The van der Waals surface area contributed by atoms with Gasteiger partial charge in [-0.2, -0.15) is 0 Å². The van der Waals surface area contributed by atoms with Gasteiger partial charge >= 0.3 is 6.92 Å². The Bertz CT molecular complexity index is 1640. The standard InChI is InChI=1S/C31H30BNO4/c1-30(2)18-32(37-31(30,3)4)25-27(34)24-22-12-8-9-13-23(22)33(26(24)29(36)28(25)35)21-16-14-20(15-17-21)19-10-6-5-7-11-19/h5-17,34-36H,18H2,1-4H3. The molecule has 37 heavy (non-hydrogen) atoms. The van der Waals surface area contributed by atoms with Gasteiger partial charge in [0, 0.05) is 16.5 Å². The number of para-hydroxylation sites is 1. The second kappa shape index (κ2) is 8.05. The predicted molar refractivity (Wildman–Crippen MR) is 150 cm³/mol. The summed E-state index contributed by atoms with van der Waals surface area (Å²) >= 11 is 0. The maximum Gasteiger partial charge on any atom is 0.335 e. The number of rotatable bonds is 3. The Morgan fingerprint density at radius 2 is 1.35 bits per heavy atom. The highest BCUT2D eigenvalue weighted by molar-refractivity contribution is 6.71. The van der Waals surface area contributed by atoms with Gasteiger partial charge in [0.1, 0.15) is 11.3 Å². The van der Waals surface area contributed by atoms with Crippen molar-refractivity contribution in [1.29, 1.82) is 0 Å². The van der Waals surface area contributed by atoms with E-state index in [1.807, 2.05) is 85.1 Å². The van der Waals surface area contributed by atoms with E-state index in [9.17, 15) is 15.3 Å². The first-order chi connectivity index (χ1) is 17.6. The molecule has 0 aliphatic carbocycles. The summed E-state index contributed by atoms with van der Waals surface area (Å²) in [5, 5.41) is 35.6. The third-order valence-electron chi connectivity index (χ3n) is 8.39. The lowest BCUT2D eigenvalue weighted by atomic mass is 9.53. The largest absolute Gasteiger partial charge is 0.508 e. The molecule has 1 fully saturated rings. The molecule has 5 aromatic rings. The summed E-state index contributed by atoms with van der Waals surface area (Å²) in [4.78, 5) is 0. The molecule has 1 aromatic heterocycles. The molecule has 0 atom stereocenters. The van der Waals surface area contributed by atoms with Gasteiger partial charge in [-0.05, 0) is 54.9 Å². The third-order valence-corrected chi connectivity index (χ3v) is 8.39. The van der Waals surface area contributed by atoms with Crippen molar-refractivity contribution in [1.82, 2.24) is 4.57 Å². The van der Waals surface area contributed by atoms with Crippen molar-refractivity contribution in [2.45, 2.75) is 39.6 Å². The number of phenolic OH excluding ortho intramolecular Hbond substituents is 3. The molecule has 0 amide bonds. The van der Waals surface area contributed by atoms with E-state index < -0.39 is 12.5 Å². The molecular weight excluding hydrogens is 461 g/mol. The zero-order valence-electron chi connectivity index (χ0n) is 21.5. The third kappa shape index (κ3) is 3.43. The van der Waals surface area contributed by atoms with Crippen LogP contribution < -0.4 is 5.46 Å². The smallest absolute Gasteiger partial charge is 0.335 e. The van der Waals surface area contributed by atoms with Crippen LogP contribution in [0.1, 0.15) is 27.7 Å². The van der Waals surface area contributed by atoms with Crippen molar-refractivity contribution in [2.24, 2.45) is 5.41 Å². The van der Waals surface area contributed by atoms with Gasteiger partial charge < -0.3 is 24.5 Å². The van der Waals surface area contributed by atoms with Gasteiger partial charge in [-0.25, -0.2) is 0 Å². The SMILES string of the molecule is CC1(C)CB(c2c(O)c(O)c3c(c2O)c2ccccc2n3-c2ccc(-c3ccccc3)cc2)OC1(C)C. The molecule has 1 aliphatic heterocycles. The van der Waals surface area contributed by atoms with E-state index in [1.54, 1.807) is 0 Å². The molecule has 186 valence electrons. The van der Waals surface area contributed by atoms with Crippen molar-refractivity contribution in [3.8, 4) is 34.1 Å². The lowest BCUT2D eigenvalue weighted by molar-refractivity contribution is 0.0375. The topological polar surface area (TPSA) is 74.9 Å². The summed E-state index contributed by atoms with van der Waals surface area (Å²) in [5.41, 5.74) is 3.78. The van der Waals surface area contributed by atoms with E-state index in [0.717, 1.165) is 27.7 Å². The fraction of sp³-hybridized carbons (Fsp3) is 0.226. The molecule has 4 aromatic carbocycles. The summed E-state index contributed by atoms with van der Waals surface area (Å²) in [7, 11) is 0. The van der Waals surface area contributed by atoms with E-state index in [2.05, 4.69) is 26.0 Å². The average Bonchev–Trinajstić information content (AvgIpc) is 3.33. The number of nitrogens with zero attached hydrogens (tertiary/aromatic N) is 1. The molecule has 5 nitrogen and oxygen atoms in total. The van der Waals surface area contributed by atoms with Crippen LogP contribution in [-0.2, 0) is 4.65 Å². The van der Waals surface area contributed by atoms with Crippen LogP contribution in [0.15, 0.2) is 78.9 Å². The summed E-state index contributed by atoms with van der Waals surface area (Å²) in [6.45, 7) is 7.72. The minimum Gasteiger partial charge on any atom is -0.508 e. The number of benzene rings is 4. The Labute approximate surface area is 216 Å². The van der Waals surface area contributed by atoms with E-state index in [1.165, 1.54) is 0 Å². The molecule has 6 rings (SSSR count). The van der Waals surface area contributed by atoms with Gasteiger partial charge in [0.2, 0.25) is 0 Å². The first-order valence-electron chi connectivity index (χ1n) is 12.6. The van der Waals surface area contributed by atoms with E-state index >= 15 is 0 Å². The summed E-state index contributed by atoms with van der Waals surface area (Å²) in [6.07, 6.45) is 0.603. The molecule has 1 aliphatic rings. The van der Waals surface area contributed by atoms with E-state index in [4.69, 9.17) is 4.65 Å². The summed E-state index contributed by atoms with van der Waals surface area (Å²) in [5.74, 6) is -0.662. The quantitative estimate of drug-likeness (QED) is 0.151. The maximum absolute atomic E-state index is 11.6. The van der Waals surface area contributed by atoms with Crippen LogP contribution in [0.3, 0.4) is 0 Å². The number of aromatic nitrogens is 1. The van der Waals surface area contributed by atoms with E-state index in [-0.39, 0.29) is 28.1 Å². The van der Waals surface area contributed by atoms with Crippen LogP contribution in [0.25, 0.3) is 38.6 Å². The number of phenols is 3. The minimum absolute atomic E-state index is 0.0559. The Kier molecular flexibility index (Phi) is 5.12. The minimum atomic E-state index is -0.549. The number of aromatic hydroxyl groups is 3. The average molecular weight is 491 g/mol. The van der Waals surface area contributed by atoms with Gasteiger partial charge in [0.15, 0.2) is 11.5 Å². The lowest BCUT2D eigenvalue weighted by Gasteiger charge is -2.34. The van der Waals surface area contributed by atoms with Crippen molar-refractivity contribution in [3.05, 3.63) is 78.9 Å². The number of hydrogen-bond acceptors (Lipinski definition) is 4. The van der Waals surface area contributed by atoms with Gasteiger partial charge in [0.05, 0.1) is 16.5 Å². The lowest BCUT2D eigenvalue weighted by Crippen LogP contribution is -2.36. The molecule has 0 saturated carbocycles. The monoisotopic (exact) mass is 491 g/mol. The van der Waals surface area contributed by atoms with Gasteiger partial charge in [0.25, 0.3) is 0 Å². The van der Waals surface area contributed by atoms with Crippen molar-refractivity contribution >= 4 is 34.2 Å². The number of fused-ring (bicyclic) bond motifs is 3. The summed E-state index contributed by atoms with van der Waals surface area (Å²) in [6, 6.07) is 25.9. The zero-order valence-corrected chi connectivity index (χ0v) is 21.5. The second-order valence-corrected chi connectivity index (χ2v) is 11.2. The van der Waals surface area contributed by atoms with Gasteiger partial charge in [-0.3, -0.25) is 0 Å². The molecule has 0 bridgehead atoms. The van der Waals surface area contributed by atoms with Crippen molar-refractivity contribution in [2.75, 3.05) is 0 Å². The normalized spacial score (nSPS) is 16.6. The van der Waals surface area contributed by atoms with Gasteiger partial charge in [-0.15, -0.1) is 0 Å². The van der Waals surface area contributed by atoms with Crippen LogP contribution in [0.4, 0.5) is 0 Å². The highest BCUT2D eigenvalue weighted by Gasteiger charge is 2.52. The molecular formula is C31H30BNO4. The van der Waals surface area contributed by atoms with Crippen molar-refractivity contribution in [3.63, 3.8) is 0 Å². The van der Waals surface area contributed by atoms with E-state index in [0.29, 0.717) is 17.2 Å². The summed E-state index contributed by atoms with van der Waals surface area (Å²) < 4.78 is 8.23. The van der Waals surface area contributed by atoms with Crippen LogP contribution in [0, 0.1) is 5.41 Å². The highest BCUT2D eigenvalue weighted by atomic mass is 16.5. The van der Waals surface area contributed by atoms with Gasteiger partial charge in [-0.1, -0.05) is 74.5 Å². The Morgan fingerprint density at radius 3 is 2.00 bits per heavy atom. The van der Waals surface area contributed by atoms with Crippen LogP contribution in [0.2, 0.25) is 6.32 Å².